The van der Waals surface area contributed by atoms with Crippen LogP contribution in [0, 0.1) is 11.6 Å². The van der Waals surface area contributed by atoms with Crippen LogP contribution >= 0.6 is 11.6 Å². The van der Waals surface area contributed by atoms with E-state index in [9.17, 15) is 8.78 Å². The predicted molar refractivity (Wildman–Crippen MR) is 82.7 cm³/mol. The Morgan fingerprint density at radius 3 is 2.29 bits per heavy atom. The first kappa shape index (κ1) is 15.9. The highest BCUT2D eigenvalue weighted by atomic mass is 35.5. The molecule has 2 aromatic rings. The molecule has 1 atom stereocenters. The summed E-state index contributed by atoms with van der Waals surface area (Å²) in [6.07, 6.45) is 1.01. The van der Waals surface area contributed by atoms with Crippen molar-refractivity contribution in [3.63, 3.8) is 0 Å². The second-order valence-corrected chi connectivity index (χ2v) is 5.43. The molecule has 112 valence electrons. The van der Waals surface area contributed by atoms with E-state index in [0.29, 0.717) is 29.0 Å². The summed E-state index contributed by atoms with van der Waals surface area (Å²) < 4.78 is 27.6. The summed E-state index contributed by atoms with van der Waals surface area (Å²) in [6.45, 7) is 2.72. The van der Waals surface area contributed by atoms with E-state index in [0.717, 1.165) is 6.54 Å². The van der Waals surface area contributed by atoms with Crippen LogP contribution in [0.5, 0.6) is 0 Å². The summed E-state index contributed by atoms with van der Waals surface area (Å²) in [5, 5.41) is 3.66. The minimum absolute atomic E-state index is 0.0254. The monoisotopic (exact) mass is 309 g/mol. The lowest BCUT2D eigenvalue weighted by atomic mass is 9.98. The maximum atomic E-state index is 13.9. The average Bonchev–Trinajstić information content (AvgIpc) is 2.44. The molecule has 0 aromatic heterocycles. The van der Waals surface area contributed by atoms with E-state index in [1.165, 1.54) is 12.1 Å². The zero-order valence-corrected chi connectivity index (χ0v) is 12.6. The van der Waals surface area contributed by atoms with Crippen molar-refractivity contribution in [1.29, 1.82) is 0 Å². The van der Waals surface area contributed by atoms with Crippen molar-refractivity contribution in [2.45, 2.75) is 25.8 Å². The van der Waals surface area contributed by atoms with Crippen LogP contribution in [0.1, 0.15) is 18.1 Å². The largest absolute Gasteiger partial charge is 0.314 e. The Morgan fingerprint density at radius 2 is 1.67 bits per heavy atom. The van der Waals surface area contributed by atoms with Gasteiger partial charge in [-0.25, -0.2) is 8.78 Å². The summed E-state index contributed by atoms with van der Waals surface area (Å²) in [6, 6.07) is 11.3. The number of benzene rings is 2. The van der Waals surface area contributed by atoms with Crippen LogP contribution in [-0.2, 0) is 12.8 Å². The van der Waals surface area contributed by atoms with Gasteiger partial charge in [-0.1, -0.05) is 42.8 Å². The third-order valence-electron chi connectivity index (χ3n) is 3.40. The number of rotatable bonds is 6. The zero-order valence-electron chi connectivity index (χ0n) is 11.9. The number of halogens is 3. The summed E-state index contributed by atoms with van der Waals surface area (Å²) in [5.74, 6) is -0.545. The fourth-order valence-corrected chi connectivity index (χ4v) is 2.55. The van der Waals surface area contributed by atoms with Gasteiger partial charge < -0.3 is 5.32 Å². The molecule has 0 aliphatic rings. The maximum absolute atomic E-state index is 13.9. The van der Waals surface area contributed by atoms with Crippen molar-refractivity contribution in [3.05, 3.63) is 70.2 Å². The standard InChI is InChI=1S/C17H18ClF2N/c1-2-21-15(9-12-5-3-4-6-16(12)19)10-13-7-8-14(18)11-17(13)20/h3-8,11,15,21H,2,9-10H2,1H3. The van der Waals surface area contributed by atoms with Gasteiger partial charge in [-0.15, -0.1) is 0 Å². The van der Waals surface area contributed by atoms with Gasteiger partial charge in [0.05, 0.1) is 0 Å². The molecular formula is C17H18ClF2N. The molecule has 0 saturated heterocycles. The fraction of sp³-hybridized carbons (Fsp3) is 0.294. The molecule has 0 radical (unpaired) electrons. The lowest BCUT2D eigenvalue weighted by molar-refractivity contribution is 0.494. The van der Waals surface area contributed by atoms with Crippen LogP contribution in [0.4, 0.5) is 8.78 Å². The average molecular weight is 310 g/mol. The Bertz CT molecular complexity index is 601. The Kier molecular flexibility index (Phi) is 5.71. The summed E-state index contributed by atoms with van der Waals surface area (Å²) >= 11 is 5.76. The SMILES string of the molecule is CCNC(Cc1ccccc1F)Cc1ccc(Cl)cc1F. The molecule has 0 bridgehead atoms. The topological polar surface area (TPSA) is 12.0 Å². The normalized spacial score (nSPS) is 12.4. The van der Waals surface area contributed by atoms with E-state index in [1.54, 1.807) is 24.3 Å². The first-order valence-electron chi connectivity index (χ1n) is 7.01. The lowest BCUT2D eigenvalue weighted by Gasteiger charge is -2.19. The second kappa shape index (κ2) is 7.53. The van der Waals surface area contributed by atoms with Gasteiger partial charge in [-0.3, -0.25) is 0 Å². The molecule has 1 N–H and O–H groups in total. The molecule has 0 aliphatic heterocycles. The van der Waals surface area contributed by atoms with E-state index in [2.05, 4.69) is 5.32 Å². The van der Waals surface area contributed by atoms with Gasteiger partial charge >= 0.3 is 0 Å². The Labute approximate surface area is 128 Å². The molecule has 0 saturated carbocycles. The van der Waals surface area contributed by atoms with Gasteiger partial charge in [-0.05, 0) is 48.7 Å². The van der Waals surface area contributed by atoms with E-state index >= 15 is 0 Å². The minimum Gasteiger partial charge on any atom is -0.314 e. The van der Waals surface area contributed by atoms with Crippen LogP contribution in [0.3, 0.4) is 0 Å². The Morgan fingerprint density at radius 1 is 1.00 bits per heavy atom. The van der Waals surface area contributed by atoms with Gasteiger partial charge in [0, 0.05) is 11.1 Å². The highest BCUT2D eigenvalue weighted by Gasteiger charge is 2.14. The van der Waals surface area contributed by atoms with E-state index in [4.69, 9.17) is 11.6 Å². The van der Waals surface area contributed by atoms with Gasteiger partial charge in [0.15, 0.2) is 0 Å². The van der Waals surface area contributed by atoms with E-state index in [1.807, 2.05) is 13.0 Å². The lowest BCUT2D eigenvalue weighted by Crippen LogP contribution is -2.33. The fourth-order valence-electron chi connectivity index (χ4n) is 2.39. The number of likely N-dealkylation sites (N-methyl/N-ethyl adjacent to an activating group) is 1. The molecule has 0 heterocycles. The molecule has 2 aromatic carbocycles. The maximum Gasteiger partial charge on any atom is 0.127 e. The summed E-state index contributed by atoms with van der Waals surface area (Å²) in [7, 11) is 0. The third kappa shape index (κ3) is 4.51. The molecule has 2 rings (SSSR count). The third-order valence-corrected chi connectivity index (χ3v) is 3.63. The molecule has 0 amide bonds. The summed E-state index contributed by atoms with van der Waals surface area (Å²) in [4.78, 5) is 0. The van der Waals surface area contributed by atoms with E-state index in [-0.39, 0.29) is 17.7 Å². The van der Waals surface area contributed by atoms with Gasteiger partial charge in [0.1, 0.15) is 11.6 Å². The van der Waals surface area contributed by atoms with Crippen LogP contribution in [-0.4, -0.2) is 12.6 Å². The van der Waals surface area contributed by atoms with Gasteiger partial charge in [0.2, 0.25) is 0 Å². The molecule has 4 heteroatoms. The Hall–Kier alpha value is -1.45. The molecule has 1 nitrogen and oxygen atoms in total. The van der Waals surface area contributed by atoms with Crippen LogP contribution < -0.4 is 5.32 Å². The van der Waals surface area contributed by atoms with Crippen molar-refractivity contribution in [1.82, 2.24) is 5.32 Å². The number of nitrogens with one attached hydrogen (secondary N) is 1. The second-order valence-electron chi connectivity index (χ2n) is 4.99. The van der Waals surface area contributed by atoms with Crippen LogP contribution in [0.2, 0.25) is 5.02 Å². The first-order valence-corrected chi connectivity index (χ1v) is 7.38. The first-order chi connectivity index (χ1) is 10.1. The zero-order chi connectivity index (χ0) is 15.2. The number of hydrogen-bond acceptors (Lipinski definition) is 1. The molecule has 21 heavy (non-hydrogen) atoms. The van der Waals surface area contributed by atoms with Crippen molar-refractivity contribution >= 4 is 11.6 Å². The quantitative estimate of drug-likeness (QED) is 0.835. The minimum atomic E-state index is -0.320. The molecule has 1 unspecified atom stereocenters. The van der Waals surface area contributed by atoms with Gasteiger partial charge in [0.25, 0.3) is 0 Å². The smallest absolute Gasteiger partial charge is 0.127 e. The summed E-state index contributed by atoms with van der Waals surface area (Å²) in [5.41, 5.74) is 1.22. The molecule has 0 aliphatic carbocycles. The van der Waals surface area contributed by atoms with Crippen LogP contribution in [0.15, 0.2) is 42.5 Å². The molecule has 0 fully saturated rings. The van der Waals surface area contributed by atoms with Crippen molar-refractivity contribution in [3.8, 4) is 0 Å². The predicted octanol–water partition coefficient (Wildman–Crippen LogP) is 4.38. The van der Waals surface area contributed by atoms with Crippen molar-refractivity contribution < 1.29 is 8.78 Å². The highest BCUT2D eigenvalue weighted by Crippen LogP contribution is 2.18. The number of hydrogen-bond donors (Lipinski definition) is 1. The highest BCUT2D eigenvalue weighted by molar-refractivity contribution is 6.30. The Balaban J connectivity index is 2.14. The van der Waals surface area contributed by atoms with Gasteiger partial charge in [-0.2, -0.15) is 0 Å². The van der Waals surface area contributed by atoms with Crippen molar-refractivity contribution in [2.24, 2.45) is 0 Å². The molecular weight excluding hydrogens is 292 g/mol. The van der Waals surface area contributed by atoms with Crippen molar-refractivity contribution in [2.75, 3.05) is 6.54 Å². The van der Waals surface area contributed by atoms with Crippen LogP contribution in [0.25, 0.3) is 0 Å². The van der Waals surface area contributed by atoms with E-state index < -0.39 is 0 Å². The molecule has 0 spiro atoms.